The van der Waals surface area contributed by atoms with E-state index in [1.54, 1.807) is 19.2 Å². The molecule has 11 heteroatoms. The Morgan fingerprint density at radius 3 is 2.90 bits per heavy atom. The molecule has 0 atom stereocenters. The van der Waals surface area contributed by atoms with Crippen LogP contribution in [0.4, 0.5) is 5.13 Å². The molecule has 30 heavy (non-hydrogen) atoms. The van der Waals surface area contributed by atoms with Gasteiger partial charge in [-0.15, -0.1) is 10.2 Å². The molecule has 3 aromatic rings. The number of carbonyl (C=O) groups is 1. The fourth-order valence-electron chi connectivity index (χ4n) is 2.29. The number of nitrogens with two attached hydrogens (primary N) is 1. The van der Waals surface area contributed by atoms with E-state index in [1.807, 2.05) is 30.3 Å². The fraction of sp³-hybridized carbons (Fsp3) is 0.158. The van der Waals surface area contributed by atoms with Gasteiger partial charge in [0.25, 0.3) is 5.91 Å². The number of thioether (sulfide) groups is 1. The van der Waals surface area contributed by atoms with Gasteiger partial charge >= 0.3 is 0 Å². The highest BCUT2D eigenvalue weighted by Gasteiger charge is 2.07. The van der Waals surface area contributed by atoms with E-state index in [-0.39, 0.29) is 11.7 Å². The molecule has 0 saturated heterocycles. The van der Waals surface area contributed by atoms with Crippen molar-refractivity contribution in [3.05, 3.63) is 58.1 Å². The van der Waals surface area contributed by atoms with Crippen LogP contribution in [0.25, 0.3) is 0 Å². The van der Waals surface area contributed by atoms with Gasteiger partial charge in [-0.2, -0.15) is 5.10 Å². The quantitative estimate of drug-likeness (QED) is 0.258. The zero-order valence-corrected chi connectivity index (χ0v) is 19.1. The van der Waals surface area contributed by atoms with Gasteiger partial charge in [-0.25, -0.2) is 5.43 Å². The molecule has 0 aliphatic carbocycles. The molecule has 1 amide bonds. The Labute approximate surface area is 190 Å². The molecule has 0 spiro atoms. The number of hydrazone groups is 1. The number of hydrogen-bond donors (Lipinski definition) is 2. The zero-order chi connectivity index (χ0) is 21.3. The van der Waals surface area contributed by atoms with E-state index >= 15 is 0 Å². The summed E-state index contributed by atoms with van der Waals surface area (Å²) >= 11 is 5.92. The molecule has 0 fully saturated rings. The van der Waals surface area contributed by atoms with Crippen LogP contribution in [0.5, 0.6) is 11.5 Å². The highest BCUT2D eigenvalue weighted by atomic mass is 79.9. The number of halogens is 1. The number of nitrogens with zero attached hydrogens (tertiary/aromatic N) is 3. The lowest BCUT2D eigenvalue weighted by Gasteiger charge is -2.11. The number of ether oxygens (including phenoxy) is 2. The Hall–Kier alpha value is -2.63. The summed E-state index contributed by atoms with van der Waals surface area (Å²) < 4.78 is 12.9. The smallest absolute Gasteiger partial charge is 0.250 e. The topological polar surface area (TPSA) is 112 Å². The van der Waals surface area contributed by atoms with Crippen LogP contribution in [0.2, 0.25) is 0 Å². The summed E-state index contributed by atoms with van der Waals surface area (Å²) in [6.07, 6.45) is 1.53. The maximum absolute atomic E-state index is 11.9. The molecule has 1 aromatic heterocycles. The van der Waals surface area contributed by atoms with Gasteiger partial charge in [0.2, 0.25) is 5.13 Å². The van der Waals surface area contributed by atoms with Crippen molar-refractivity contribution in [3.8, 4) is 11.5 Å². The second-order valence-electron chi connectivity index (χ2n) is 5.82. The lowest BCUT2D eigenvalue weighted by molar-refractivity contribution is -0.118. The molecular formula is C19H18BrN5O3S2. The summed E-state index contributed by atoms with van der Waals surface area (Å²) in [7, 11) is 1.57. The summed E-state index contributed by atoms with van der Waals surface area (Å²) in [5.74, 6) is 1.10. The van der Waals surface area contributed by atoms with Crippen LogP contribution in [-0.2, 0) is 11.4 Å². The van der Waals surface area contributed by atoms with Gasteiger partial charge < -0.3 is 15.2 Å². The van der Waals surface area contributed by atoms with Crippen LogP contribution in [-0.4, -0.2) is 35.2 Å². The number of anilines is 1. The average Bonchev–Trinajstić information content (AvgIpc) is 3.16. The van der Waals surface area contributed by atoms with Gasteiger partial charge in [-0.05, 0) is 41.5 Å². The normalized spacial score (nSPS) is 10.9. The van der Waals surface area contributed by atoms with Gasteiger partial charge in [0.05, 0.1) is 19.1 Å². The summed E-state index contributed by atoms with van der Waals surface area (Å²) in [6.45, 7) is 0.414. The van der Waals surface area contributed by atoms with Crippen molar-refractivity contribution >= 4 is 56.3 Å². The van der Waals surface area contributed by atoms with E-state index < -0.39 is 0 Å². The Morgan fingerprint density at radius 2 is 2.17 bits per heavy atom. The van der Waals surface area contributed by atoms with Crippen molar-refractivity contribution in [3.63, 3.8) is 0 Å². The van der Waals surface area contributed by atoms with Crippen LogP contribution in [0.15, 0.2) is 56.4 Å². The Morgan fingerprint density at radius 1 is 1.30 bits per heavy atom. The van der Waals surface area contributed by atoms with Crippen LogP contribution in [0.1, 0.15) is 11.1 Å². The third-order valence-corrected chi connectivity index (χ3v) is 6.00. The summed E-state index contributed by atoms with van der Waals surface area (Å²) in [5.41, 5.74) is 9.77. The molecule has 1 heterocycles. The van der Waals surface area contributed by atoms with E-state index in [0.29, 0.717) is 27.6 Å². The Balaban J connectivity index is 1.52. The second-order valence-corrected chi connectivity index (χ2v) is 8.96. The average molecular weight is 508 g/mol. The maximum atomic E-state index is 11.9. The lowest BCUT2D eigenvalue weighted by Crippen LogP contribution is -2.19. The zero-order valence-electron chi connectivity index (χ0n) is 15.9. The second kappa shape index (κ2) is 11.0. The first-order valence-electron chi connectivity index (χ1n) is 8.62. The van der Waals surface area contributed by atoms with E-state index in [0.717, 1.165) is 15.6 Å². The SMILES string of the molecule is COc1cc(C=NNC(=O)CSc2nnc(N)s2)ccc1OCc1cccc(Br)c1. The molecule has 0 aliphatic heterocycles. The van der Waals surface area contributed by atoms with Crippen molar-refractivity contribution in [2.24, 2.45) is 5.10 Å². The minimum Gasteiger partial charge on any atom is -0.493 e. The number of aromatic nitrogens is 2. The highest BCUT2D eigenvalue weighted by molar-refractivity contribution is 9.10. The monoisotopic (exact) mass is 507 g/mol. The summed E-state index contributed by atoms with van der Waals surface area (Å²) in [6, 6.07) is 13.3. The number of carbonyl (C=O) groups excluding carboxylic acids is 1. The minimum atomic E-state index is -0.258. The molecule has 8 nitrogen and oxygen atoms in total. The maximum Gasteiger partial charge on any atom is 0.250 e. The van der Waals surface area contributed by atoms with Crippen LogP contribution >= 0.6 is 39.0 Å². The molecule has 0 saturated carbocycles. The predicted molar refractivity (Wildman–Crippen MR) is 122 cm³/mol. The summed E-state index contributed by atoms with van der Waals surface area (Å²) in [5, 5.41) is 11.9. The first-order valence-corrected chi connectivity index (χ1v) is 11.2. The standard InChI is InChI=1S/C19H18BrN5O3S2/c1-27-16-8-12(5-6-15(16)28-10-13-3-2-4-14(20)7-13)9-22-23-17(26)11-29-19-25-24-18(21)30-19/h2-9H,10-11H2,1H3,(H2,21,24)(H,23,26). The van der Waals surface area contributed by atoms with Crippen LogP contribution in [0.3, 0.4) is 0 Å². The molecule has 3 rings (SSSR count). The number of nitrogens with one attached hydrogen (secondary N) is 1. The molecule has 3 N–H and O–H groups in total. The van der Waals surface area contributed by atoms with E-state index in [2.05, 4.69) is 36.7 Å². The van der Waals surface area contributed by atoms with Crippen molar-refractivity contribution in [1.82, 2.24) is 15.6 Å². The van der Waals surface area contributed by atoms with Crippen molar-refractivity contribution < 1.29 is 14.3 Å². The van der Waals surface area contributed by atoms with Crippen molar-refractivity contribution in [1.29, 1.82) is 0 Å². The highest BCUT2D eigenvalue weighted by Crippen LogP contribution is 2.28. The Kier molecular flexibility index (Phi) is 8.05. The molecule has 0 radical (unpaired) electrons. The molecule has 2 aromatic carbocycles. The fourth-order valence-corrected chi connectivity index (χ4v) is 4.16. The van der Waals surface area contributed by atoms with Crippen LogP contribution < -0.4 is 20.6 Å². The van der Waals surface area contributed by atoms with Crippen molar-refractivity contribution in [2.75, 3.05) is 18.6 Å². The third-order valence-electron chi connectivity index (χ3n) is 3.62. The van der Waals surface area contributed by atoms with Gasteiger partial charge in [-0.1, -0.05) is 51.2 Å². The minimum absolute atomic E-state index is 0.164. The first kappa shape index (κ1) is 22.1. The number of benzene rings is 2. The Bertz CT molecular complexity index is 1040. The number of hydrogen-bond acceptors (Lipinski definition) is 9. The molecule has 0 bridgehead atoms. The van der Waals surface area contributed by atoms with Gasteiger partial charge in [-0.3, -0.25) is 4.79 Å². The van der Waals surface area contributed by atoms with Gasteiger partial charge in [0.1, 0.15) is 6.61 Å². The van der Waals surface area contributed by atoms with E-state index in [1.165, 1.54) is 29.3 Å². The molecular weight excluding hydrogens is 490 g/mol. The summed E-state index contributed by atoms with van der Waals surface area (Å²) in [4.78, 5) is 11.9. The van der Waals surface area contributed by atoms with Crippen molar-refractivity contribution in [2.45, 2.75) is 10.9 Å². The largest absolute Gasteiger partial charge is 0.493 e. The lowest BCUT2D eigenvalue weighted by atomic mass is 10.2. The molecule has 0 unspecified atom stereocenters. The van der Waals surface area contributed by atoms with Gasteiger partial charge in [0, 0.05) is 4.47 Å². The predicted octanol–water partition coefficient (Wildman–Crippen LogP) is 3.71. The number of rotatable bonds is 9. The van der Waals surface area contributed by atoms with E-state index in [9.17, 15) is 4.79 Å². The first-order chi connectivity index (χ1) is 14.5. The van der Waals surface area contributed by atoms with Crippen LogP contribution in [0, 0.1) is 0 Å². The van der Waals surface area contributed by atoms with Gasteiger partial charge in [0.15, 0.2) is 15.8 Å². The molecule has 0 aliphatic rings. The molecule has 156 valence electrons. The number of amides is 1. The third kappa shape index (κ3) is 6.71. The van der Waals surface area contributed by atoms with E-state index in [4.69, 9.17) is 15.2 Å². The number of nitrogen functional groups attached to an aromatic ring is 1. The number of methoxy groups -OCH3 is 1.